The van der Waals surface area contributed by atoms with Crippen LogP contribution in [0.15, 0.2) is 42.9 Å². The Kier molecular flexibility index (Phi) is 5.96. The van der Waals surface area contributed by atoms with Crippen LogP contribution in [-0.4, -0.2) is 51.1 Å². The van der Waals surface area contributed by atoms with Crippen molar-refractivity contribution in [2.24, 2.45) is 0 Å². The number of hydrogen-bond donors (Lipinski definition) is 2. The lowest BCUT2D eigenvalue weighted by Crippen LogP contribution is -2.30. The van der Waals surface area contributed by atoms with Crippen LogP contribution in [0.1, 0.15) is 20.8 Å². The largest absolute Gasteiger partial charge is 0.447 e. The van der Waals surface area contributed by atoms with Crippen molar-refractivity contribution in [2.45, 2.75) is 26.9 Å². The Morgan fingerprint density at radius 3 is 2.72 bits per heavy atom. The van der Waals surface area contributed by atoms with E-state index in [2.05, 4.69) is 20.6 Å². The molecule has 0 spiro atoms. The van der Waals surface area contributed by atoms with Crippen molar-refractivity contribution in [1.82, 2.24) is 19.3 Å². The van der Waals surface area contributed by atoms with Crippen molar-refractivity contribution >= 4 is 29.3 Å². The summed E-state index contributed by atoms with van der Waals surface area (Å²) in [5, 5.41) is 5.49. The number of anilines is 2. The maximum atomic E-state index is 12.1. The molecule has 3 amide bonds. The number of aromatic nitrogens is 3. The van der Waals surface area contributed by atoms with E-state index in [-0.39, 0.29) is 12.1 Å². The van der Waals surface area contributed by atoms with Gasteiger partial charge in [-0.1, -0.05) is 12.1 Å². The lowest BCUT2D eigenvalue weighted by atomic mass is 10.1. The van der Waals surface area contributed by atoms with E-state index in [1.165, 1.54) is 6.20 Å². The molecule has 0 fully saturated rings. The number of imidazole rings is 1. The highest BCUT2D eigenvalue weighted by atomic mass is 16.6. The molecule has 1 aromatic carbocycles. The van der Waals surface area contributed by atoms with Gasteiger partial charge in [-0.2, -0.15) is 0 Å². The molecule has 152 valence electrons. The summed E-state index contributed by atoms with van der Waals surface area (Å²) in [4.78, 5) is 34.2. The lowest BCUT2D eigenvalue weighted by molar-refractivity contribution is 0.130. The molecule has 9 nitrogen and oxygen atoms in total. The second kappa shape index (κ2) is 8.59. The number of nitrogens with one attached hydrogen (secondary N) is 2. The maximum Gasteiger partial charge on any atom is 0.411 e. The molecule has 0 aliphatic heterocycles. The number of rotatable bonds is 5. The number of amides is 3. The summed E-state index contributed by atoms with van der Waals surface area (Å²) in [6, 6.07) is 7.25. The molecular formula is C20H24N6O3. The molecule has 0 aliphatic rings. The quantitative estimate of drug-likeness (QED) is 0.682. The van der Waals surface area contributed by atoms with Gasteiger partial charge in [0.15, 0.2) is 0 Å². The Hall–Kier alpha value is -3.62. The number of carbonyl (C=O) groups is 2. The Morgan fingerprint density at radius 2 is 2.00 bits per heavy atom. The van der Waals surface area contributed by atoms with E-state index in [0.29, 0.717) is 29.4 Å². The maximum absolute atomic E-state index is 12.1. The van der Waals surface area contributed by atoms with Gasteiger partial charge in [0.1, 0.15) is 0 Å². The molecule has 2 aromatic heterocycles. The highest BCUT2D eigenvalue weighted by Gasteiger charge is 2.11. The molecule has 0 aliphatic carbocycles. The monoisotopic (exact) mass is 396 g/mol. The SMILES string of the molecule is CCN(C)C(=O)Nc1cccc(-c2cn3cc(NC(=O)OC(C)C)cnc3n2)c1. The summed E-state index contributed by atoms with van der Waals surface area (Å²) in [6.45, 7) is 6.08. The van der Waals surface area contributed by atoms with Crippen LogP contribution >= 0.6 is 0 Å². The number of ether oxygens (including phenoxy) is 1. The molecule has 3 rings (SSSR count). The van der Waals surface area contributed by atoms with Crippen LogP contribution < -0.4 is 10.6 Å². The van der Waals surface area contributed by atoms with Crippen LogP contribution in [0.5, 0.6) is 0 Å². The van der Waals surface area contributed by atoms with Gasteiger partial charge in [-0.05, 0) is 32.9 Å². The average Bonchev–Trinajstić information content (AvgIpc) is 3.10. The van der Waals surface area contributed by atoms with Crippen LogP contribution in [0, 0.1) is 0 Å². The van der Waals surface area contributed by atoms with E-state index < -0.39 is 6.09 Å². The summed E-state index contributed by atoms with van der Waals surface area (Å²) in [6.07, 6.45) is 4.28. The fourth-order valence-electron chi connectivity index (χ4n) is 2.57. The molecule has 0 saturated heterocycles. The third-order valence-corrected chi connectivity index (χ3v) is 4.13. The van der Waals surface area contributed by atoms with E-state index in [1.54, 1.807) is 42.6 Å². The van der Waals surface area contributed by atoms with Gasteiger partial charge < -0.3 is 15.0 Å². The second-order valence-electron chi connectivity index (χ2n) is 6.78. The highest BCUT2D eigenvalue weighted by Crippen LogP contribution is 2.23. The Labute approximate surface area is 168 Å². The molecular weight excluding hydrogens is 372 g/mol. The van der Waals surface area contributed by atoms with Crippen molar-refractivity contribution in [3.63, 3.8) is 0 Å². The molecule has 0 unspecified atom stereocenters. The first-order chi connectivity index (χ1) is 13.9. The van der Waals surface area contributed by atoms with Gasteiger partial charge in [0, 0.05) is 37.2 Å². The van der Waals surface area contributed by atoms with Gasteiger partial charge in [0.05, 0.1) is 23.7 Å². The van der Waals surface area contributed by atoms with E-state index >= 15 is 0 Å². The number of nitrogens with zero attached hydrogens (tertiary/aromatic N) is 4. The number of carbonyl (C=O) groups excluding carboxylic acids is 2. The van der Waals surface area contributed by atoms with Gasteiger partial charge in [-0.25, -0.2) is 19.6 Å². The van der Waals surface area contributed by atoms with Crippen LogP contribution in [-0.2, 0) is 4.74 Å². The summed E-state index contributed by atoms with van der Waals surface area (Å²) in [7, 11) is 1.73. The molecule has 0 bridgehead atoms. The standard InChI is InChI=1S/C20H24N6O3/c1-5-25(4)19(27)22-15-8-6-7-14(9-15)17-12-26-11-16(10-21-18(26)24-17)23-20(28)29-13(2)3/h6-13H,5H2,1-4H3,(H,22,27)(H,23,28). The first-order valence-electron chi connectivity index (χ1n) is 9.30. The molecule has 0 radical (unpaired) electrons. The Bertz CT molecular complexity index is 1030. The minimum absolute atomic E-state index is 0.176. The fourth-order valence-corrected chi connectivity index (χ4v) is 2.57. The average molecular weight is 396 g/mol. The summed E-state index contributed by atoms with van der Waals surface area (Å²) in [5.41, 5.74) is 2.70. The van der Waals surface area contributed by atoms with Gasteiger partial charge in [-0.15, -0.1) is 0 Å². The van der Waals surface area contributed by atoms with Crippen LogP contribution in [0.25, 0.3) is 17.0 Å². The van der Waals surface area contributed by atoms with E-state index in [1.807, 2.05) is 31.2 Å². The minimum Gasteiger partial charge on any atom is -0.447 e. The predicted molar refractivity (Wildman–Crippen MR) is 111 cm³/mol. The summed E-state index contributed by atoms with van der Waals surface area (Å²) < 4.78 is 6.79. The molecule has 2 heterocycles. The van der Waals surface area contributed by atoms with Crippen LogP contribution in [0.4, 0.5) is 21.0 Å². The van der Waals surface area contributed by atoms with Crippen molar-refractivity contribution in [2.75, 3.05) is 24.2 Å². The van der Waals surface area contributed by atoms with Crippen molar-refractivity contribution in [1.29, 1.82) is 0 Å². The Balaban J connectivity index is 1.81. The van der Waals surface area contributed by atoms with Gasteiger partial charge in [-0.3, -0.25) is 9.72 Å². The first-order valence-corrected chi connectivity index (χ1v) is 9.30. The molecule has 0 saturated carbocycles. The molecule has 0 atom stereocenters. The normalized spacial score (nSPS) is 10.8. The zero-order chi connectivity index (χ0) is 21.0. The third-order valence-electron chi connectivity index (χ3n) is 4.13. The molecule has 3 aromatic rings. The van der Waals surface area contributed by atoms with Crippen LogP contribution in [0.2, 0.25) is 0 Å². The lowest BCUT2D eigenvalue weighted by Gasteiger charge is -2.15. The minimum atomic E-state index is -0.540. The van der Waals surface area contributed by atoms with E-state index in [9.17, 15) is 9.59 Å². The number of fused-ring (bicyclic) bond motifs is 1. The number of hydrogen-bond acceptors (Lipinski definition) is 5. The predicted octanol–water partition coefficient (Wildman–Crippen LogP) is 3.84. The van der Waals surface area contributed by atoms with E-state index in [4.69, 9.17) is 4.74 Å². The van der Waals surface area contributed by atoms with Gasteiger partial charge in [0.2, 0.25) is 5.78 Å². The van der Waals surface area contributed by atoms with Gasteiger partial charge in [0.25, 0.3) is 0 Å². The summed E-state index contributed by atoms with van der Waals surface area (Å²) >= 11 is 0. The topological polar surface area (TPSA) is 101 Å². The van der Waals surface area contributed by atoms with Crippen molar-refractivity contribution in [3.05, 3.63) is 42.9 Å². The molecule has 9 heteroatoms. The highest BCUT2D eigenvalue weighted by molar-refractivity contribution is 5.90. The first kappa shape index (κ1) is 20.1. The number of benzene rings is 1. The molecule has 2 N–H and O–H groups in total. The second-order valence-corrected chi connectivity index (χ2v) is 6.78. The summed E-state index contributed by atoms with van der Waals surface area (Å²) in [5.74, 6) is 0.489. The zero-order valence-electron chi connectivity index (χ0n) is 16.8. The fraction of sp³-hybridized carbons (Fsp3) is 0.300. The smallest absolute Gasteiger partial charge is 0.411 e. The van der Waals surface area contributed by atoms with E-state index in [0.717, 1.165) is 5.56 Å². The third kappa shape index (κ3) is 5.01. The van der Waals surface area contributed by atoms with Crippen LogP contribution in [0.3, 0.4) is 0 Å². The van der Waals surface area contributed by atoms with Gasteiger partial charge >= 0.3 is 12.1 Å². The molecule has 29 heavy (non-hydrogen) atoms. The Morgan fingerprint density at radius 1 is 1.21 bits per heavy atom. The zero-order valence-corrected chi connectivity index (χ0v) is 16.8. The van der Waals surface area contributed by atoms with Crippen molar-refractivity contribution < 1.29 is 14.3 Å². The van der Waals surface area contributed by atoms with Crippen molar-refractivity contribution in [3.8, 4) is 11.3 Å². The number of urea groups is 1.